The van der Waals surface area contributed by atoms with E-state index in [2.05, 4.69) is 4.72 Å². The molecule has 0 heterocycles. The Morgan fingerprint density at radius 1 is 1.41 bits per heavy atom. The van der Waals surface area contributed by atoms with Crippen LogP contribution in [0.1, 0.15) is 13.8 Å². The van der Waals surface area contributed by atoms with Gasteiger partial charge in [-0.3, -0.25) is 0 Å². The molecule has 0 spiro atoms. The molecule has 17 heavy (non-hydrogen) atoms. The summed E-state index contributed by atoms with van der Waals surface area (Å²) in [5, 5.41) is 0. The molecule has 0 saturated heterocycles. The molecule has 0 aliphatic rings. The Morgan fingerprint density at radius 3 is 2.59 bits per heavy atom. The monoisotopic (exact) mass is 258 g/mol. The molecule has 1 rings (SSSR count). The van der Waals surface area contributed by atoms with Crippen LogP contribution in [0.4, 0.5) is 5.69 Å². The van der Waals surface area contributed by atoms with Gasteiger partial charge in [0.15, 0.2) is 0 Å². The van der Waals surface area contributed by atoms with Gasteiger partial charge in [0.1, 0.15) is 5.75 Å². The first-order valence-corrected chi connectivity index (χ1v) is 6.78. The SMILES string of the molecule is COc1cc(S(=O)(=O)NCC(C)C)ccc1N. The topological polar surface area (TPSA) is 81.4 Å². The molecule has 1 aromatic carbocycles. The summed E-state index contributed by atoms with van der Waals surface area (Å²) in [6.07, 6.45) is 0. The lowest BCUT2D eigenvalue weighted by molar-refractivity contribution is 0.415. The molecule has 0 aliphatic heterocycles. The van der Waals surface area contributed by atoms with E-state index in [4.69, 9.17) is 10.5 Å². The molecule has 96 valence electrons. The number of rotatable bonds is 5. The molecule has 0 unspecified atom stereocenters. The van der Waals surface area contributed by atoms with E-state index in [1.54, 1.807) is 0 Å². The van der Waals surface area contributed by atoms with Gasteiger partial charge in [0, 0.05) is 12.6 Å². The second kappa shape index (κ2) is 5.37. The summed E-state index contributed by atoms with van der Waals surface area (Å²) < 4.78 is 31.3. The van der Waals surface area contributed by atoms with Crippen LogP contribution < -0.4 is 15.2 Å². The van der Waals surface area contributed by atoms with Crippen LogP contribution in [0.25, 0.3) is 0 Å². The van der Waals surface area contributed by atoms with E-state index >= 15 is 0 Å². The predicted molar refractivity (Wildman–Crippen MR) is 67.4 cm³/mol. The number of nitrogens with one attached hydrogen (secondary N) is 1. The first-order valence-electron chi connectivity index (χ1n) is 5.30. The lowest BCUT2D eigenvalue weighted by Gasteiger charge is -2.10. The number of nitrogens with two attached hydrogens (primary N) is 1. The Hall–Kier alpha value is -1.27. The molecule has 5 nitrogen and oxygen atoms in total. The van der Waals surface area contributed by atoms with E-state index in [1.165, 1.54) is 25.3 Å². The van der Waals surface area contributed by atoms with Gasteiger partial charge in [-0.15, -0.1) is 0 Å². The van der Waals surface area contributed by atoms with E-state index in [9.17, 15) is 8.42 Å². The highest BCUT2D eigenvalue weighted by molar-refractivity contribution is 7.89. The van der Waals surface area contributed by atoms with Gasteiger partial charge in [-0.1, -0.05) is 13.8 Å². The number of sulfonamides is 1. The maximum atomic E-state index is 11.9. The fraction of sp³-hybridized carbons (Fsp3) is 0.455. The van der Waals surface area contributed by atoms with Crippen molar-refractivity contribution in [2.75, 3.05) is 19.4 Å². The fourth-order valence-electron chi connectivity index (χ4n) is 1.22. The van der Waals surface area contributed by atoms with Crippen LogP contribution in [0.3, 0.4) is 0 Å². The van der Waals surface area contributed by atoms with Crippen molar-refractivity contribution in [1.29, 1.82) is 0 Å². The normalized spacial score (nSPS) is 11.8. The first-order chi connectivity index (χ1) is 7.86. The third-order valence-corrected chi connectivity index (χ3v) is 3.62. The molecule has 0 aromatic heterocycles. The number of nitrogen functional groups attached to an aromatic ring is 1. The minimum atomic E-state index is -3.49. The zero-order valence-corrected chi connectivity index (χ0v) is 11.0. The highest BCUT2D eigenvalue weighted by atomic mass is 32.2. The standard InChI is InChI=1S/C11H18N2O3S/c1-8(2)7-13-17(14,15)9-4-5-10(12)11(6-9)16-3/h4-6,8,13H,7,12H2,1-3H3. The first kappa shape index (κ1) is 13.8. The highest BCUT2D eigenvalue weighted by Gasteiger charge is 2.15. The molecule has 1 aromatic rings. The summed E-state index contributed by atoms with van der Waals surface area (Å²) in [5.74, 6) is 0.609. The summed E-state index contributed by atoms with van der Waals surface area (Å²) >= 11 is 0. The second-order valence-corrected chi connectivity index (χ2v) is 5.92. The molecular formula is C11H18N2O3S. The van der Waals surface area contributed by atoms with Crippen LogP contribution >= 0.6 is 0 Å². The summed E-state index contributed by atoms with van der Waals surface area (Å²) in [4.78, 5) is 0.157. The summed E-state index contributed by atoms with van der Waals surface area (Å²) in [6, 6.07) is 4.39. The molecule has 0 radical (unpaired) electrons. The van der Waals surface area contributed by atoms with E-state index in [1.807, 2.05) is 13.8 Å². The zero-order valence-electron chi connectivity index (χ0n) is 10.2. The maximum absolute atomic E-state index is 11.9. The van der Waals surface area contributed by atoms with Crippen LogP contribution in [0.15, 0.2) is 23.1 Å². The van der Waals surface area contributed by atoms with Gasteiger partial charge in [0.05, 0.1) is 17.7 Å². The van der Waals surface area contributed by atoms with Gasteiger partial charge in [0.2, 0.25) is 10.0 Å². The van der Waals surface area contributed by atoms with Crippen molar-refractivity contribution in [2.24, 2.45) is 5.92 Å². The number of ether oxygens (including phenoxy) is 1. The van der Waals surface area contributed by atoms with Gasteiger partial charge in [-0.25, -0.2) is 13.1 Å². The van der Waals surface area contributed by atoms with Crippen LogP contribution in [0.5, 0.6) is 5.75 Å². The van der Waals surface area contributed by atoms with Gasteiger partial charge in [-0.2, -0.15) is 0 Å². The van der Waals surface area contributed by atoms with Gasteiger partial charge in [0.25, 0.3) is 0 Å². The number of hydrogen-bond donors (Lipinski definition) is 2. The largest absolute Gasteiger partial charge is 0.495 e. The Balaban J connectivity index is 2.99. The van der Waals surface area contributed by atoms with Crippen LogP contribution in [0, 0.1) is 5.92 Å². The smallest absolute Gasteiger partial charge is 0.240 e. The van der Waals surface area contributed by atoms with Crippen LogP contribution in [-0.4, -0.2) is 22.1 Å². The van der Waals surface area contributed by atoms with Crippen LogP contribution in [0.2, 0.25) is 0 Å². The van der Waals surface area contributed by atoms with Gasteiger partial charge >= 0.3 is 0 Å². The molecule has 0 atom stereocenters. The molecule has 0 saturated carbocycles. The lowest BCUT2D eigenvalue weighted by Crippen LogP contribution is -2.27. The minimum absolute atomic E-state index is 0.157. The quantitative estimate of drug-likeness (QED) is 0.778. The molecule has 0 fully saturated rings. The summed E-state index contributed by atoms with van der Waals surface area (Å²) in [6.45, 7) is 4.27. The Bertz CT molecular complexity index is 483. The Morgan fingerprint density at radius 2 is 2.06 bits per heavy atom. The van der Waals surface area contributed by atoms with E-state index in [0.717, 1.165) is 0 Å². The molecular weight excluding hydrogens is 240 g/mol. The maximum Gasteiger partial charge on any atom is 0.240 e. The number of hydrogen-bond acceptors (Lipinski definition) is 4. The molecule has 6 heteroatoms. The van der Waals surface area contributed by atoms with Crippen molar-refractivity contribution >= 4 is 15.7 Å². The van der Waals surface area contributed by atoms with Crippen molar-refractivity contribution in [3.8, 4) is 5.75 Å². The molecule has 0 aliphatic carbocycles. The number of benzene rings is 1. The Kier molecular flexibility index (Phi) is 4.36. The molecule has 0 amide bonds. The lowest BCUT2D eigenvalue weighted by atomic mass is 10.2. The molecule has 3 N–H and O–H groups in total. The minimum Gasteiger partial charge on any atom is -0.495 e. The van der Waals surface area contributed by atoms with Gasteiger partial charge < -0.3 is 10.5 Å². The van der Waals surface area contributed by atoms with Gasteiger partial charge in [-0.05, 0) is 18.1 Å². The van der Waals surface area contributed by atoms with Crippen LogP contribution in [-0.2, 0) is 10.0 Å². The average Bonchev–Trinajstić information content (AvgIpc) is 2.27. The average molecular weight is 258 g/mol. The van der Waals surface area contributed by atoms with E-state index in [0.29, 0.717) is 18.0 Å². The van der Waals surface area contributed by atoms with Crippen molar-refractivity contribution in [3.63, 3.8) is 0 Å². The second-order valence-electron chi connectivity index (χ2n) is 4.15. The Labute approximate surface area is 102 Å². The van der Waals surface area contributed by atoms with Crippen molar-refractivity contribution in [3.05, 3.63) is 18.2 Å². The number of methoxy groups -OCH3 is 1. The van der Waals surface area contributed by atoms with Crippen molar-refractivity contribution in [1.82, 2.24) is 4.72 Å². The molecule has 0 bridgehead atoms. The number of anilines is 1. The van der Waals surface area contributed by atoms with Crippen molar-refractivity contribution in [2.45, 2.75) is 18.7 Å². The third-order valence-electron chi connectivity index (χ3n) is 2.20. The van der Waals surface area contributed by atoms with E-state index in [-0.39, 0.29) is 10.8 Å². The van der Waals surface area contributed by atoms with E-state index < -0.39 is 10.0 Å². The summed E-state index contributed by atoms with van der Waals surface area (Å²) in [5.41, 5.74) is 6.04. The fourth-order valence-corrected chi connectivity index (χ4v) is 2.45. The summed E-state index contributed by atoms with van der Waals surface area (Å²) in [7, 11) is -2.04. The highest BCUT2D eigenvalue weighted by Crippen LogP contribution is 2.24. The van der Waals surface area contributed by atoms with Crippen molar-refractivity contribution < 1.29 is 13.2 Å². The third kappa shape index (κ3) is 3.61. The zero-order chi connectivity index (χ0) is 13.1. The predicted octanol–water partition coefficient (Wildman–Crippen LogP) is 1.21.